The van der Waals surface area contributed by atoms with Gasteiger partial charge in [-0.3, -0.25) is 9.69 Å². The van der Waals surface area contributed by atoms with Gasteiger partial charge in [0.25, 0.3) is 0 Å². The summed E-state index contributed by atoms with van der Waals surface area (Å²) in [6.45, 7) is 0. The van der Waals surface area contributed by atoms with Gasteiger partial charge in [-0.2, -0.15) is 0 Å². The van der Waals surface area contributed by atoms with Gasteiger partial charge in [0.05, 0.1) is 19.5 Å². The highest BCUT2D eigenvalue weighted by Gasteiger charge is 2.50. The normalized spacial score (nSPS) is 34.0. The fourth-order valence-corrected chi connectivity index (χ4v) is 3.54. The molecule has 2 aliphatic heterocycles. The maximum absolute atomic E-state index is 12.7. The molecule has 0 spiro atoms. The molecule has 2 heterocycles. The highest BCUT2D eigenvalue weighted by Crippen LogP contribution is 2.40. The molecule has 0 N–H and O–H groups in total. The lowest BCUT2D eigenvalue weighted by atomic mass is 9.87. The van der Waals surface area contributed by atoms with Gasteiger partial charge in [-0.15, -0.1) is 0 Å². The van der Waals surface area contributed by atoms with Gasteiger partial charge in [0.1, 0.15) is 12.0 Å². The topological polar surface area (TPSA) is 55.8 Å². The van der Waals surface area contributed by atoms with Crippen LogP contribution < -0.4 is 0 Å². The number of rotatable bonds is 3. The number of carbonyl (C=O) groups excluding carboxylic acids is 2. The van der Waals surface area contributed by atoms with Crippen LogP contribution in [0.3, 0.4) is 0 Å². The van der Waals surface area contributed by atoms with Gasteiger partial charge in [-0.05, 0) is 32.0 Å². The van der Waals surface area contributed by atoms with Gasteiger partial charge < -0.3 is 9.47 Å². The molecule has 3 rings (SSSR count). The molecule has 0 radical (unpaired) electrons. The van der Waals surface area contributed by atoms with E-state index in [4.69, 9.17) is 16.3 Å². The van der Waals surface area contributed by atoms with E-state index in [0.717, 1.165) is 12.8 Å². The van der Waals surface area contributed by atoms with Gasteiger partial charge >= 0.3 is 11.9 Å². The third-order valence-corrected chi connectivity index (χ3v) is 4.65. The number of piperidine rings is 1. The largest absolute Gasteiger partial charge is 0.469 e. The van der Waals surface area contributed by atoms with Crippen molar-refractivity contribution < 1.29 is 25.9 Å². The summed E-state index contributed by atoms with van der Waals surface area (Å²) in [5.41, 5.74) is -0.518. The Labute approximate surface area is 137 Å². The molecule has 2 saturated heterocycles. The lowest BCUT2D eigenvalue weighted by Gasteiger charge is -2.40. The molecule has 2 bridgehead atoms. The number of nitrogens with zero attached hydrogens (tertiary/aromatic N) is 1. The Morgan fingerprint density at radius 1 is 1.27 bits per heavy atom. The number of carbonyl (C=O) groups is 2. The molecule has 4 atom stereocenters. The van der Waals surface area contributed by atoms with Gasteiger partial charge in [0.15, 0.2) is 0 Å². The van der Waals surface area contributed by atoms with Crippen molar-refractivity contribution in [2.45, 2.75) is 37.5 Å². The molecule has 5 heteroatoms. The third kappa shape index (κ3) is 2.61. The van der Waals surface area contributed by atoms with Crippen LogP contribution in [0.15, 0.2) is 30.2 Å². The van der Waals surface area contributed by atoms with E-state index >= 15 is 0 Å². The molecule has 2 fully saturated rings. The maximum atomic E-state index is 12.7. The first-order valence-electron chi connectivity index (χ1n) is 9.76. The molecule has 22 heavy (non-hydrogen) atoms. The molecular weight excluding hydrogens is 282 g/mol. The molecule has 0 aromatic heterocycles. The lowest BCUT2D eigenvalue weighted by Crippen LogP contribution is -2.53. The average molecular weight is 308 g/mol. The van der Waals surface area contributed by atoms with Crippen LogP contribution in [0.1, 0.15) is 36.5 Å². The maximum Gasteiger partial charge on any atom is 0.338 e. The summed E-state index contributed by atoms with van der Waals surface area (Å²) < 4.78 is 49.2. The third-order valence-electron chi connectivity index (χ3n) is 4.65. The van der Waals surface area contributed by atoms with E-state index in [2.05, 4.69) is 4.90 Å². The van der Waals surface area contributed by atoms with E-state index in [1.807, 2.05) is 7.05 Å². The first-order chi connectivity index (χ1) is 12.7. The van der Waals surface area contributed by atoms with E-state index < -0.39 is 59.7 Å². The van der Waals surface area contributed by atoms with Crippen molar-refractivity contribution >= 4 is 11.9 Å². The second kappa shape index (κ2) is 6.08. The molecule has 2 unspecified atom stereocenters. The van der Waals surface area contributed by atoms with Crippen LogP contribution in [0.5, 0.6) is 0 Å². The fourth-order valence-electron chi connectivity index (χ4n) is 3.54. The van der Waals surface area contributed by atoms with Crippen molar-refractivity contribution in [3.63, 3.8) is 0 Å². The Morgan fingerprint density at radius 2 is 2.00 bits per heavy atom. The molecule has 1 aromatic carbocycles. The Bertz CT molecular complexity index is 773. The zero-order valence-electron chi connectivity index (χ0n) is 17.5. The minimum Gasteiger partial charge on any atom is -0.469 e. The first kappa shape index (κ1) is 10.0. The van der Waals surface area contributed by atoms with Crippen molar-refractivity contribution in [1.29, 1.82) is 0 Å². The van der Waals surface area contributed by atoms with Crippen LogP contribution in [-0.2, 0) is 14.3 Å². The quantitative estimate of drug-likeness (QED) is 0.798. The summed E-state index contributed by atoms with van der Waals surface area (Å²) in [6.07, 6.45) is 1.31. The minimum atomic E-state index is -1.02. The first-order valence-corrected chi connectivity index (χ1v) is 7.26. The summed E-state index contributed by atoms with van der Waals surface area (Å²) in [4.78, 5) is 27.1. The van der Waals surface area contributed by atoms with E-state index in [-0.39, 0.29) is 12.1 Å². The molecule has 1 aromatic rings. The molecule has 2 aliphatic rings. The molecule has 0 amide bonds. The highest BCUT2D eigenvalue weighted by molar-refractivity contribution is 5.89. The molecule has 118 valence electrons. The van der Waals surface area contributed by atoms with Crippen LogP contribution in [0.25, 0.3) is 0 Å². The second-order valence-corrected chi connectivity index (χ2v) is 5.69. The van der Waals surface area contributed by atoms with Crippen molar-refractivity contribution in [1.82, 2.24) is 4.90 Å². The Kier molecular flexibility index (Phi) is 2.77. The van der Waals surface area contributed by atoms with Gasteiger partial charge in [-0.25, -0.2) is 4.79 Å². The minimum absolute atomic E-state index is 0.117. The molecule has 0 saturated carbocycles. The number of ether oxygens (including phenoxy) is 2. The second-order valence-electron chi connectivity index (χ2n) is 5.69. The van der Waals surface area contributed by atoms with Crippen LogP contribution in [-0.4, -0.2) is 49.2 Å². The zero-order chi connectivity index (χ0) is 20.0. The monoisotopic (exact) mass is 308 g/mol. The van der Waals surface area contributed by atoms with Crippen LogP contribution in [0, 0.1) is 5.92 Å². The SMILES string of the molecule is [2H]c1c([2H])c([2H])c(C(=O)OC2C[C@@H]3CC[C@H](C2C(=O)OC)N3C)c([2H])c1[2H]. The number of methoxy groups -OCH3 is 1. The van der Waals surface area contributed by atoms with Gasteiger partial charge in [0, 0.05) is 18.5 Å². The summed E-state index contributed by atoms with van der Waals surface area (Å²) in [5, 5.41) is 0. The standard InChI is InChI=1S/C17H21NO4/c1-18-12-8-9-13(18)15(17(20)21-2)14(10-12)22-16(19)11-6-4-3-5-7-11/h3-7,12-15H,8-10H2,1-2H3/t12-,13+,14?,15?/m0/s1/i3D,4D,5D,6D,7D. The van der Waals surface area contributed by atoms with E-state index in [1.54, 1.807) is 0 Å². The smallest absolute Gasteiger partial charge is 0.338 e. The summed E-state index contributed by atoms with van der Waals surface area (Å²) >= 11 is 0. The number of fused-ring (bicyclic) bond motifs is 2. The van der Waals surface area contributed by atoms with E-state index in [0.29, 0.717) is 6.42 Å². The van der Waals surface area contributed by atoms with Crippen LogP contribution in [0.4, 0.5) is 0 Å². The van der Waals surface area contributed by atoms with Crippen molar-refractivity contribution in [2.24, 2.45) is 5.92 Å². The summed E-state index contributed by atoms with van der Waals surface area (Å²) in [5.74, 6) is -2.17. The number of hydrogen-bond acceptors (Lipinski definition) is 5. The molecular formula is C17H21NO4. The molecule has 5 nitrogen and oxygen atoms in total. The zero-order valence-corrected chi connectivity index (χ0v) is 12.5. The van der Waals surface area contributed by atoms with Gasteiger partial charge in [-0.1, -0.05) is 18.1 Å². The summed E-state index contributed by atoms with van der Waals surface area (Å²) in [6, 6.07) is -2.96. The van der Waals surface area contributed by atoms with E-state index in [1.165, 1.54) is 7.11 Å². The van der Waals surface area contributed by atoms with Gasteiger partial charge in [0.2, 0.25) is 0 Å². The Morgan fingerprint density at radius 3 is 2.68 bits per heavy atom. The number of esters is 2. The highest BCUT2D eigenvalue weighted by atomic mass is 16.6. The van der Waals surface area contributed by atoms with Crippen molar-refractivity contribution in [3.05, 3.63) is 35.8 Å². The predicted molar refractivity (Wildman–Crippen MR) is 80.3 cm³/mol. The summed E-state index contributed by atoms with van der Waals surface area (Å²) in [7, 11) is 3.20. The average Bonchev–Trinajstić information content (AvgIpc) is 2.87. The Hall–Kier alpha value is -1.88. The van der Waals surface area contributed by atoms with Crippen molar-refractivity contribution in [2.75, 3.05) is 14.2 Å². The fraction of sp³-hybridized carbons (Fsp3) is 0.529. The molecule has 0 aliphatic carbocycles. The lowest BCUT2D eigenvalue weighted by molar-refractivity contribution is -0.156. The van der Waals surface area contributed by atoms with Crippen LogP contribution >= 0.6 is 0 Å². The number of hydrogen-bond donors (Lipinski definition) is 0. The predicted octanol–water partition coefficient (Wildman–Crippen LogP) is 1.87. The van der Waals surface area contributed by atoms with E-state index in [9.17, 15) is 9.59 Å². The number of benzene rings is 1. The van der Waals surface area contributed by atoms with Crippen molar-refractivity contribution in [3.8, 4) is 0 Å². The Balaban J connectivity index is 1.93. The van der Waals surface area contributed by atoms with Crippen LogP contribution in [0.2, 0.25) is 0 Å².